The summed E-state index contributed by atoms with van der Waals surface area (Å²) in [5.74, 6) is -0.897. The molecule has 9 nitrogen and oxygen atoms in total. The lowest BCUT2D eigenvalue weighted by molar-refractivity contribution is 0.0689. The molecule has 3 N–H and O–H groups in total. The lowest BCUT2D eigenvalue weighted by Gasteiger charge is -2.10. The number of halogens is 1. The molecule has 146 valence electrons. The number of benzene rings is 1. The first-order valence-electron chi connectivity index (χ1n) is 8.28. The number of anilines is 1. The standard InChI is InChI=1S/C18H17ClN4O5/c1-4-10-14(19)23-15(20-10)16(24)21-11-6-5-9(7-12(11)27-3)17-22-13(18(25)26)8(2)28-17/h5-7H,4H2,1-3H3,(H,20,23)(H,21,24)(H,25,26). The molecule has 10 heteroatoms. The van der Waals surface area contributed by atoms with Crippen LogP contribution in [0.3, 0.4) is 0 Å². The van der Waals surface area contributed by atoms with Gasteiger partial charge in [-0.3, -0.25) is 4.79 Å². The summed E-state index contributed by atoms with van der Waals surface area (Å²) in [6.07, 6.45) is 0.616. The van der Waals surface area contributed by atoms with E-state index in [4.69, 9.17) is 25.9 Å². The number of methoxy groups -OCH3 is 1. The van der Waals surface area contributed by atoms with Crippen molar-refractivity contribution in [2.24, 2.45) is 0 Å². The molecule has 0 radical (unpaired) electrons. The first-order valence-corrected chi connectivity index (χ1v) is 8.66. The number of imidazole rings is 1. The van der Waals surface area contributed by atoms with Gasteiger partial charge in [-0.2, -0.15) is 0 Å². The monoisotopic (exact) mass is 404 g/mol. The molecule has 0 fully saturated rings. The first-order chi connectivity index (χ1) is 13.3. The molecule has 0 atom stereocenters. The molecule has 3 aromatic rings. The van der Waals surface area contributed by atoms with Crippen LogP contribution in [0.15, 0.2) is 22.6 Å². The number of aromatic carboxylic acids is 1. The van der Waals surface area contributed by atoms with Gasteiger partial charge in [0.25, 0.3) is 5.91 Å². The molecule has 0 saturated heterocycles. The minimum absolute atomic E-state index is 0.0856. The van der Waals surface area contributed by atoms with E-state index in [0.29, 0.717) is 29.1 Å². The maximum absolute atomic E-state index is 12.4. The number of oxazole rings is 1. The van der Waals surface area contributed by atoms with Crippen molar-refractivity contribution in [1.29, 1.82) is 0 Å². The number of nitrogens with one attached hydrogen (secondary N) is 2. The van der Waals surface area contributed by atoms with Gasteiger partial charge >= 0.3 is 5.97 Å². The van der Waals surface area contributed by atoms with Crippen LogP contribution in [0.2, 0.25) is 5.15 Å². The second kappa shape index (κ2) is 7.73. The number of amides is 1. The average molecular weight is 405 g/mol. The SMILES string of the molecule is CCc1[nH]c(C(=O)Nc2ccc(-c3nc(C(=O)O)c(C)o3)cc2OC)nc1Cl. The molecule has 2 heterocycles. The molecule has 0 bridgehead atoms. The molecule has 0 aliphatic heterocycles. The van der Waals surface area contributed by atoms with Crippen molar-refractivity contribution in [3.8, 4) is 17.2 Å². The van der Waals surface area contributed by atoms with Gasteiger partial charge in [-0.05, 0) is 31.5 Å². The van der Waals surface area contributed by atoms with Gasteiger partial charge in [0.2, 0.25) is 5.89 Å². The predicted octanol–water partition coefficient (Wildman–Crippen LogP) is 3.55. The fourth-order valence-electron chi connectivity index (χ4n) is 2.56. The molecule has 0 aliphatic rings. The van der Waals surface area contributed by atoms with Crippen molar-refractivity contribution in [1.82, 2.24) is 15.0 Å². The van der Waals surface area contributed by atoms with Crippen LogP contribution in [-0.4, -0.2) is 39.0 Å². The third kappa shape index (κ3) is 3.70. The number of hydrogen-bond acceptors (Lipinski definition) is 6. The van der Waals surface area contributed by atoms with Crippen molar-refractivity contribution in [3.63, 3.8) is 0 Å². The van der Waals surface area contributed by atoms with Crippen LogP contribution >= 0.6 is 11.6 Å². The van der Waals surface area contributed by atoms with E-state index in [1.54, 1.807) is 18.2 Å². The number of carboxylic acids is 1. The Hall–Kier alpha value is -3.33. The summed E-state index contributed by atoms with van der Waals surface area (Å²) in [6.45, 7) is 3.41. The normalized spacial score (nSPS) is 10.7. The van der Waals surface area contributed by atoms with Crippen LogP contribution in [0.4, 0.5) is 5.69 Å². The zero-order valence-electron chi connectivity index (χ0n) is 15.3. The third-order valence-corrected chi connectivity index (χ3v) is 4.31. The smallest absolute Gasteiger partial charge is 0.358 e. The van der Waals surface area contributed by atoms with Crippen LogP contribution in [0, 0.1) is 6.92 Å². The quantitative estimate of drug-likeness (QED) is 0.572. The molecule has 2 aromatic heterocycles. The van der Waals surface area contributed by atoms with E-state index in [-0.39, 0.29) is 28.3 Å². The highest BCUT2D eigenvalue weighted by Crippen LogP contribution is 2.31. The summed E-state index contributed by atoms with van der Waals surface area (Å²) >= 11 is 5.97. The van der Waals surface area contributed by atoms with E-state index < -0.39 is 11.9 Å². The number of aromatic amines is 1. The largest absolute Gasteiger partial charge is 0.495 e. The van der Waals surface area contributed by atoms with E-state index >= 15 is 0 Å². The Balaban J connectivity index is 1.88. The van der Waals surface area contributed by atoms with E-state index in [0.717, 1.165) is 0 Å². The van der Waals surface area contributed by atoms with Crippen molar-refractivity contribution < 1.29 is 23.8 Å². The topological polar surface area (TPSA) is 130 Å². The number of ether oxygens (including phenoxy) is 1. The maximum atomic E-state index is 12.4. The molecule has 0 unspecified atom stereocenters. The molecular formula is C18H17ClN4O5. The molecule has 0 aliphatic carbocycles. The van der Waals surface area contributed by atoms with Crippen LogP contribution in [0.25, 0.3) is 11.5 Å². The number of rotatable bonds is 6. The second-order valence-electron chi connectivity index (χ2n) is 5.81. The lowest BCUT2D eigenvalue weighted by atomic mass is 10.2. The molecule has 28 heavy (non-hydrogen) atoms. The summed E-state index contributed by atoms with van der Waals surface area (Å²) < 4.78 is 10.7. The van der Waals surface area contributed by atoms with Crippen molar-refractivity contribution in [3.05, 3.63) is 46.3 Å². The zero-order valence-corrected chi connectivity index (χ0v) is 16.0. The van der Waals surface area contributed by atoms with E-state index in [9.17, 15) is 9.59 Å². The van der Waals surface area contributed by atoms with Crippen LogP contribution < -0.4 is 10.1 Å². The highest BCUT2D eigenvalue weighted by Gasteiger charge is 2.19. The van der Waals surface area contributed by atoms with Gasteiger partial charge in [0, 0.05) is 5.56 Å². The highest BCUT2D eigenvalue weighted by molar-refractivity contribution is 6.30. The number of carbonyl (C=O) groups is 2. The minimum atomic E-state index is -1.17. The molecule has 3 rings (SSSR count). The Labute approximate surface area is 164 Å². The molecular weight excluding hydrogens is 388 g/mol. The maximum Gasteiger partial charge on any atom is 0.358 e. The summed E-state index contributed by atoms with van der Waals surface area (Å²) in [5.41, 5.74) is 1.40. The van der Waals surface area contributed by atoms with Crippen molar-refractivity contribution in [2.45, 2.75) is 20.3 Å². The van der Waals surface area contributed by atoms with Gasteiger partial charge in [-0.25, -0.2) is 14.8 Å². The lowest BCUT2D eigenvalue weighted by Crippen LogP contribution is -2.14. The van der Waals surface area contributed by atoms with Gasteiger partial charge in [-0.15, -0.1) is 0 Å². The van der Waals surface area contributed by atoms with Crippen molar-refractivity contribution in [2.75, 3.05) is 12.4 Å². The van der Waals surface area contributed by atoms with Gasteiger partial charge in [-0.1, -0.05) is 18.5 Å². The van der Waals surface area contributed by atoms with Crippen LogP contribution in [0.1, 0.15) is 39.5 Å². The predicted molar refractivity (Wildman–Crippen MR) is 101 cm³/mol. The molecule has 0 saturated carbocycles. The zero-order chi connectivity index (χ0) is 20.4. The van der Waals surface area contributed by atoms with E-state index in [1.807, 2.05) is 6.92 Å². The summed E-state index contributed by atoms with van der Waals surface area (Å²) in [6, 6.07) is 4.80. The Morgan fingerprint density at radius 2 is 2.11 bits per heavy atom. The second-order valence-corrected chi connectivity index (χ2v) is 6.16. The Morgan fingerprint density at radius 1 is 1.36 bits per heavy atom. The van der Waals surface area contributed by atoms with Gasteiger partial charge in [0.05, 0.1) is 18.5 Å². The molecule has 1 aromatic carbocycles. The Bertz CT molecular complexity index is 1060. The number of aryl methyl sites for hydroxylation is 2. The van der Waals surface area contributed by atoms with Crippen molar-refractivity contribution >= 4 is 29.2 Å². The molecule has 1 amide bonds. The number of carboxylic acid groups (broad SMARTS) is 1. The summed E-state index contributed by atoms with van der Waals surface area (Å²) in [7, 11) is 1.44. The minimum Gasteiger partial charge on any atom is -0.495 e. The fraction of sp³-hybridized carbons (Fsp3) is 0.222. The summed E-state index contributed by atoms with van der Waals surface area (Å²) in [5, 5.41) is 12.1. The Morgan fingerprint density at radius 3 is 2.68 bits per heavy atom. The number of aromatic nitrogens is 3. The number of carbonyl (C=O) groups excluding carboxylic acids is 1. The summed E-state index contributed by atoms with van der Waals surface area (Å²) in [4.78, 5) is 34.4. The number of nitrogens with zero attached hydrogens (tertiary/aromatic N) is 2. The first kappa shape index (κ1) is 19.4. The number of hydrogen-bond donors (Lipinski definition) is 3. The van der Waals surface area contributed by atoms with Crippen LogP contribution in [0.5, 0.6) is 5.75 Å². The Kier molecular flexibility index (Phi) is 5.36. The van der Waals surface area contributed by atoms with E-state index in [2.05, 4.69) is 20.3 Å². The van der Waals surface area contributed by atoms with Crippen LogP contribution in [-0.2, 0) is 6.42 Å². The van der Waals surface area contributed by atoms with E-state index in [1.165, 1.54) is 14.0 Å². The van der Waals surface area contributed by atoms with Gasteiger partial charge in [0.1, 0.15) is 11.5 Å². The highest BCUT2D eigenvalue weighted by atomic mass is 35.5. The average Bonchev–Trinajstić information content (AvgIpc) is 3.24. The molecule has 0 spiro atoms. The van der Waals surface area contributed by atoms with Gasteiger partial charge in [0.15, 0.2) is 16.7 Å². The third-order valence-electron chi connectivity index (χ3n) is 3.99. The van der Waals surface area contributed by atoms with Gasteiger partial charge < -0.3 is 24.6 Å². The number of H-pyrrole nitrogens is 1. The fourth-order valence-corrected chi connectivity index (χ4v) is 2.82.